The van der Waals surface area contributed by atoms with Gasteiger partial charge in [-0.15, -0.1) is 0 Å². The predicted octanol–water partition coefficient (Wildman–Crippen LogP) is 19.5. The Morgan fingerprint density at radius 3 is 1.31 bits per heavy atom. The molecule has 0 radical (unpaired) electrons. The van der Waals surface area contributed by atoms with Crippen LogP contribution in [-0.2, 0) is 27.1 Å². The molecule has 0 amide bonds. The summed E-state index contributed by atoms with van der Waals surface area (Å²) in [5.74, 6) is 0. The molecule has 0 saturated carbocycles. The van der Waals surface area contributed by atoms with Crippen molar-refractivity contribution in [1.82, 2.24) is 0 Å². The van der Waals surface area contributed by atoms with Crippen molar-refractivity contribution in [2.45, 2.75) is 124 Å². The van der Waals surface area contributed by atoms with Crippen molar-refractivity contribution in [3.05, 3.63) is 233 Å². The highest BCUT2D eigenvalue weighted by atomic mass is 15.2. The van der Waals surface area contributed by atoms with Gasteiger partial charge in [-0.1, -0.05) is 266 Å². The number of nitrogens with zero attached hydrogens (tertiary/aromatic N) is 1. The Kier molecular flexibility index (Phi) is 12.6. The molecule has 1 nitrogen and oxygen atoms in total. The number of rotatable bonds is 8. The maximum atomic E-state index is 2.61. The molecule has 70 heavy (non-hydrogen) atoms. The lowest BCUT2D eigenvalue weighted by Crippen LogP contribution is -2.27. The summed E-state index contributed by atoms with van der Waals surface area (Å²) in [6.45, 7) is 30.4. The van der Waals surface area contributed by atoms with Crippen LogP contribution in [0.15, 0.2) is 200 Å². The molecule has 0 N–H and O–H groups in total. The Balaban J connectivity index is 1.37. The van der Waals surface area contributed by atoms with E-state index in [1.807, 2.05) is 0 Å². The van der Waals surface area contributed by atoms with Gasteiger partial charge in [-0.05, 0) is 118 Å². The Hall–Kier alpha value is -6.70. The van der Waals surface area contributed by atoms with Crippen LogP contribution in [0, 0.1) is 0 Å². The molecule has 1 aliphatic rings. The minimum absolute atomic E-state index is 0.0156. The zero-order valence-electron chi connectivity index (χ0n) is 44.1. The van der Waals surface area contributed by atoms with Gasteiger partial charge in [0.15, 0.2) is 0 Å². The molecule has 9 rings (SSSR count). The van der Waals surface area contributed by atoms with Crippen LogP contribution in [0.4, 0.5) is 11.4 Å². The third-order valence-corrected chi connectivity index (χ3v) is 14.7. The van der Waals surface area contributed by atoms with Crippen LogP contribution < -0.4 is 4.90 Å². The number of anilines is 2. The van der Waals surface area contributed by atoms with Crippen LogP contribution in [0.5, 0.6) is 0 Å². The van der Waals surface area contributed by atoms with Crippen molar-refractivity contribution in [3.8, 4) is 33.4 Å². The fourth-order valence-electron chi connectivity index (χ4n) is 10.3. The molecular weight excluding hydrogens is 843 g/mol. The normalized spacial score (nSPS) is 15.7. The SMILES string of the molecule is CC(C)(C)c1cc(-c2ccccc2N(C2=C(c3ccccc3)CC(C)(c3ccccc3)C=C2)c2ccccc2-c2cccc3cccc(-c4cc(C(C)(C)C)cc(C(C)(C)C)c4)c23)cc(C(C)(C)C)c1. The van der Waals surface area contributed by atoms with E-state index in [2.05, 4.69) is 289 Å². The number of para-hydroxylation sites is 2. The summed E-state index contributed by atoms with van der Waals surface area (Å²) in [5.41, 5.74) is 19.7. The average Bonchev–Trinajstić information content (AvgIpc) is 3.33. The van der Waals surface area contributed by atoms with Crippen LogP contribution in [-0.4, -0.2) is 0 Å². The van der Waals surface area contributed by atoms with E-state index in [-0.39, 0.29) is 27.1 Å². The van der Waals surface area contributed by atoms with Gasteiger partial charge in [0.1, 0.15) is 0 Å². The highest BCUT2D eigenvalue weighted by Crippen LogP contribution is 2.51. The van der Waals surface area contributed by atoms with Crippen molar-refractivity contribution in [2.75, 3.05) is 4.90 Å². The fourth-order valence-corrected chi connectivity index (χ4v) is 10.3. The summed E-state index contributed by atoms with van der Waals surface area (Å²) in [5, 5.41) is 2.49. The van der Waals surface area contributed by atoms with E-state index in [1.54, 1.807) is 0 Å². The van der Waals surface area contributed by atoms with Crippen LogP contribution >= 0.6 is 0 Å². The summed E-state index contributed by atoms with van der Waals surface area (Å²) in [4.78, 5) is 2.61. The number of hydrogen-bond donors (Lipinski definition) is 0. The van der Waals surface area contributed by atoms with E-state index < -0.39 is 0 Å². The first kappa shape index (κ1) is 48.3. The van der Waals surface area contributed by atoms with E-state index in [0.717, 1.165) is 17.8 Å². The molecule has 0 aliphatic heterocycles. The Bertz CT molecular complexity index is 3190. The van der Waals surface area contributed by atoms with Gasteiger partial charge in [-0.2, -0.15) is 0 Å². The molecule has 8 aromatic carbocycles. The highest BCUT2D eigenvalue weighted by Gasteiger charge is 2.34. The highest BCUT2D eigenvalue weighted by molar-refractivity contribution is 6.09. The molecule has 0 saturated heterocycles. The second-order valence-corrected chi connectivity index (χ2v) is 24.2. The van der Waals surface area contributed by atoms with E-state index in [1.165, 1.54) is 88.8 Å². The Morgan fingerprint density at radius 2 is 0.800 bits per heavy atom. The van der Waals surface area contributed by atoms with Crippen LogP contribution in [0.3, 0.4) is 0 Å². The second-order valence-electron chi connectivity index (χ2n) is 24.2. The van der Waals surface area contributed by atoms with Gasteiger partial charge in [-0.25, -0.2) is 0 Å². The van der Waals surface area contributed by atoms with Gasteiger partial charge in [-0.3, -0.25) is 0 Å². The summed E-state index contributed by atoms with van der Waals surface area (Å²) in [6, 6.07) is 68.8. The molecule has 0 spiro atoms. The lowest BCUT2D eigenvalue weighted by molar-refractivity contribution is 0.568. The molecule has 1 heteroatoms. The fraction of sp³-hybridized carbons (Fsp3) is 0.275. The lowest BCUT2D eigenvalue weighted by Gasteiger charge is -2.38. The van der Waals surface area contributed by atoms with Gasteiger partial charge >= 0.3 is 0 Å². The molecule has 0 fully saturated rings. The largest absolute Gasteiger partial charge is 0.309 e. The molecule has 1 unspecified atom stereocenters. The Labute approximate surface area is 420 Å². The maximum Gasteiger partial charge on any atom is 0.0540 e. The minimum atomic E-state index is -0.221. The smallest absolute Gasteiger partial charge is 0.0540 e. The maximum absolute atomic E-state index is 2.61. The van der Waals surface area contributed by atoms with E-state index in [4.69, 9.17) is 0 Å². The first-order chi connectivity index (χ1) is 33.1. The zero-order chi connectivity index (χ0) is 49.8. The quantitative estimate of drug-likeness (QED) is 0.147. The molecular formula is C69H73N. The minimum Gasteiger partial charge on any atom is -0.309 e. The summed E-state index contributed by atoms with van der Waals surface area (Å²) in [7, 11) is 0. The first-order valence-electron chi connectivity index (χ1n) is 25.5. The second kappa shape index (κ2) is 18.2. The third-order valence-electron chi connectivity index (χ3n) is 14.7. The van der Waals surface area contributed by atoms with Crippen molar-refractivity contribution in [3.63, 3.8) is 0 Å². The number of hydrogen-bond acceptors (Lipinski definition) is 1. The zero-order valence-corrected chi connectivity index (χ0v) is 44.1. The molecule has 0 aromatic heterocycles. The number of fused-ring (bicyclic) bond motifs is 1. The topological polar surface area (TPSA) is 3.24 Å². The molecule has 1 aliphatic carbocycles. The van der Waals surface area contributed by atoms with E-state index in [9.17, 15) is 0 Å². The number of allylic oxidation sites excluding steroid dienone is 3. The van der Waals surface area contributed by atoms with Crippen molar-refractivity contribution < 1.29 is 0 Å². The predicted molar refractivity (Wildman–Crippen MR) is 305 cm³/mol. The van der Waals surface area contributed by atoms with Gasteiger partial charge in [0.05, 0.1) is 11.4 Å². The van der Waals surface area contributed by atoms with Crippen LogP contribution in [0.25, 0.3) is 49.7 Å². The van der Waals surface area contributed by atoms with Crippen LogP contribution in [0.2, 0.25) is 0 Å². The molecule has 354 valence electrons. The van der Waals surface area contributed by atoms with Crippen molar-refractivity contribution in [1.29, 1.82) is 0 Å². The van der Waals surface area contributed by atoms with E-state index >= 15 is 0 Å². The molecule has 1 atom stereocenters. The molecule has 8 aromatic rings. The van der Waals surface area contributed by atoms with Crippen molar-refractivity contribution in [2.24, 2.45) is 0 Å². The monoisotopic (exact) mass is 916 g/mol. The van der Waals surface area contributed by atoms with Crippen LogP contribution in [0.1, 0.15) is 130 Å². The van der Waals surface area contributed by atoms with Gasteiger partial charge in [0, 0.05) is 22.2 Å². The van der Waals surface area contributed by atoms with Crippen molar-refractivity contribution >= 4 is 27.7 Å². The summed E-state index contributed by atoms with van der Waals surface area (Å²) >= 11 is 0. The molecule has 0 bridgehead atoms. The standard InChI is InChI=1S/C69H73N/c1-65(2,3)52-40-49(41-53(44-52)66(4,5)6)56-32-20-22-36-61(56)70(63-38-39-69(13,51-30-18-15-19-31-51)46-60(63)47-26-16-14-17-27-47)62-37-23-21-33-58(62)59-35-25-29-48-28-24-34-57(64(48)59)50-42-54(67(7,8)9)45-55(43-50)68(10,11)12/h14-45H,46H2,1-13H3. The number of benzene rings is 8. The van der Waals surface area contributed by atoms with Gasteiger partial charge in [0.2, 0.25) is 0 Å². The average molecular weight is 916 g/mol. The lowest BCUT2D eigenvalue weighted by atomic mass is 9.72. The van der Waals surface area contributed by atoms with Gasteiger partial charge < -0.3 is 4.90 Å². The summed E-state index contributed by atoms with van der Waals surface area (Å²) in [6.07, 6.45) is 5.73. The molecule has 0 heterocycles. The third kappa shape index (κ3) is 9.61. The van der Waals surface area contributed by atoms with Gasteiger partial charge in [0.25, 0.3) is 0 Å². The Morgan fingerprint density at radius 1 is 0.386 bits per heavy atom. The first-order valence-corrected chi connectivity index (χ1v) is 25.5. The summed E-state index contributed by atoms with van der Waals surface area (Å²) < 4.78 is 0. The van der Waals surface area contributed by atoms with E-state index in [0.29, 0.717) is 0 Å².